The Morgan fingerprint density at radius 3 is 2.87 bits per heavy atom. The Labute approximate surface area is 136 Å². The maximum atomic E-state index is 12.1. The second-order valence-corrected chi connectivity index (χ2v) is 6.18. The number of aryl methyl sites for hydroxylation is 1. The molecule has 1 heterocycles. The highest BCUT2D eigenvalue weighted by atomic mass is 32.2. The van der Waals surface area contributed by atoms with Crippen LogP contribution in [-0.2, 0) is 4.79 Å². The Morgan fingerprint density at radius 2 is 2.17 bits per heavy atom. The lowest BCUT2D eigenvalue weighted by atomic mass is 10.2. The van der Waals surface area contributed by atoms with Gasteiger partial charge in [-0.15, -0.1) is 10.2 Å². The Balaban J connectivity index is 1.64. The molecule has 0 aliphatic heterocycles. The largest absolute Gasteiger partial charge is 0.320 e. The molecule has 1 saturated carbocycles. The van der Waals surface area contributed by atoms with Crippen LogP contribution in [0, 0.1) is 17.0 Å². The van der Waals surface area contributed by atoms with Crippen molar-refractivity contribution in [3.05, 3.63) is 40.2 Å². The number of anilines is 1. The van der Waals surface area contributed by atoms with Gasteiger partial charge in [0.15, 0.2) is 5.16 Å². The van der Waals surface area contributed by atoms with Crippen LogP contribution < -0.4 is 5.32 Å². The molecule has 1 amide bonds. The molecule has 2 aromatic rings. The minimum absolute atomic E-state index is 0.122. The zero-order valence-corrected chi connectivity index (χ0v) is 13.2. The van der Waals surface area contributed by atoms with Gasteiger partial charge in [0, 0.05) is 12.1 Å². The summed E-state index contributed by atoms with van der Waals surface area (Å²) in [6.45, 7) is 1.89. The van der Waals surface area contributed by atoms with Gasteiger partial charge in [-0.2, -0.15) is 0 Å². The molecular weight excluding hydrogens is 318 g/mol. The first kappa shape index (κ1) is 15.5. The first-order valence-electron chi connectivity index (χ1n) is 7.14. The van der Waals surface area contributed by atoms with Crippen molar-refractivity contribution in [2.45, 2.75) is 31.0 Å². The number of hydrogen-bond donors (Lipinski definition) is 1. The Kier molecular flexibility index (Phi) is 4.28. The molecule has 1 aromatic carbocycles. The Hall–Kier alpha value is -2.42. The van der Waals surface area contributed by atoms with Crippen molar-refractivity contribution < 1.29 is 9.72 Å². The molecule has 23 heavy (non-hydrogen) atoms. The number of thioether (sulfide) groups is 1. The number of hydrogen-bond acceptors (Lipinski definition) is 6. The van der Waals surface area contributed by atoms with E-state index >= 15 is 0 Å². The van der Waals surface area contributed by atoms with Crippen molar-refractivity contribution in [2.24, 2.45) is 0 Å². The molecule has 0 radical (unpaired) electrons. The lowest BCUT2D eigenvalue weighted by molar-refractivity contribution is -0.383. The second kappa shape index (κ2) is 6.37. The molecule has 8 nitrogen and oxygen atoms in total. The maximum absolute atomic E-state index is 12.1. The molecule has 1 aliphatic rings. The number of nitrogens with one attached hydrogen (secondary N) is 1. The molecule has 0 unspecified atom stereocenters. The monoisotopic (exact) mass is 333 g/mol. The van der Waals surface area contributed by atoms with Crippen molar-refractivity contribution in [3.63, 3.8) is 0 Å². The number of benzene rings is 1. The topological polar surface area (TPSA) is 103 Å². The van der Waals surface area contributed by atoms with Gasteiger partial charge in [-0.05, 0) is 25.8 Å². The maximum Gasteiger partial charge on any atom is 0.292 e. The molecule has 0 bridgehead atoms. The quantitative estimate of drug-likeness (QED) is 0.495. The van der Waals surface area contributed by atoms with Gasteiger partial charge in [0.05, 0.1) is 10.7 Å². The van der Waals surface area contributed by atoms with E-state index in [0.29, 0.717) is 11.2 Å². The number of nitro benzene ring substituents is 1. The van der Waals surface area contributed by atoms with Gasteiger partial charge in [0.2, 0.25) is 5.91 Å². The zero-order valence-electron chi connectivity index (χ0n) is 12.4. The van der Waals surface area contributed by atoms with E-state index in [1.165, 1.54) is 23.9 Å². The van der Waals surface area contributed by atoms with E-state index in [1.807, 2.05) is 11.5 Å². The number of carbonyl (C=O) groups excluding carboxylic acids is 1. The summed E-state index contributed by atoms with van der Waals surface area (Å²) in [5, 5.41) is 22.4. The van der Waals surface area contributed by atoms with Crippen LogP contribution in [0.4, 0.5) is 11.4 Å². The summed E-state index contributed by atoms with van der Waals surface area (Å²) in [6, 6.07) is 6.50. The van der Waals surface area contributed by atoms with Gasteiger partial charge in [-0.1, -0.05) is 23.9 Å². The SMILES string of the molecule is Cc1nnc(SCC(=O)Nc2ccccc2[N+](=O)[O-])n1C1CC1. The summed E-state index contributed by atoms with van der Waals surface area (Å²) < 4.78 is 2.04. The summed E-state index contributed by atoms with van der Waals surface area (Å²) in [6.07, 6.45) is 2.21. The Morgan fingerprint density at radius 1 is 1.43 bits per heavy atom. The molecular formula is C14H15N5O3S. The highest BCUT2D eigenvalue weighted by Crippen LogP contribution is 2.38. The van der Waals surface area contributed by atoms with Crippen LogP contribution in [0.15, 0.2) is 29.4 Å². The molecule has 0 spiro atoms. The molecule has 1 fully saturated rings. The van der Waals surface area contributed by atoms with Gasteiger partial charge in [-0.3, -0.25) is 14.9 Å². The third kappa shape index (κ3) is 3.50. The fraction of sp³-hybridized carbons (Fsp3) is 0.357. The highest BCUT2D eigenvalue weighted by molar-refractivity contribution is 7.99. The van der Waals surface area contributed by atoms with Gasteiger partial charge >= 0.3 is 0 Å². The van der Waals surface area contributed by atoms with E-state index < -0.39 is 4.92 Å². The third-order valence-electron chi connectivity index (χ3n) is 3.45. The summed E-state index contributed by atoms with van der Waals surface area (Å²) in [5.41, 5.74) is 0.0748. The van der Waals surface area contributed by atoms with Crippen LogP contribution in [0.2, 0.25) is 0 Å². The number of aromatic nitrogens is 3. The average Bonchev–Trinajstić information content (AvgIpc) is 3.29. The molecule has 0 atom stereocenters. The number of nitro groups is 1. The van der Waals surface area contributed by atoms with Crippen LogP contribution >= 0.6 is 11.8 Å². The normalized spacial score (nSPS) is 13.8. The molecule has 3 rings (SSSR count). The minimum Gasteiger partial charge on any atom is -0.320 e. The number of amides is 1. The molecule has 9 heteroatoms. The van der Waals surface area contributed by atoms with E-state index in [4.69, 9.17) is 0 Å². The van der Waals surface area contributed by atoms with E-state index in [2.05, 4.69) is 15.5 Å². The van der Waals surface area contributed by atoms with Gasteiger partial charge in [0.25, 0.3) is 5.69 Å². The predicted molar refractivity (Wildman–Crippen MR) is 85.5 cm³/mol. The predicted octanol–water partition coefficient (Wildman–Crippen LogP) is 2.56. The Bertz CT molecular complexity index is 757. The molecule has 1 aliphatic carbocycles. The fourth-order valence-electron chi connectivity index (χ4n) is 2.26. The lowest BCUT2D eigenvalue weighted by Gasteiger charge is -2.07. The number of carbonyl (C=O) groups is 1. The van der Waals surface area contributed by atoms with E-state index in [0.717, 1.165) is 18.7 Å². The fourth-order valence-corrected chi connectivity index (χ4v) is 3.11. The lowest BCUT2D eigenvalue weighted by Crippen LogP contribution is -2.15. The van der Waals surface area contributed by atoms with Crippen LogP contribution in [0.25, 0.3) is 0 Å². The van der Waals surface area contributed by atoms with Crippen molar-refractivity contribution in [1.82, 2.24) is 14.8 Å². The summed E-state index contributed by atoms with van der Waals surface area (Å²) in [4.78, 5) is 22.5. The molecule has 0 saturated heterocycles. The van der Waals surface area contributed by atoms with E-state index in [-0.39, 0.29) is 23.0 Å². The smallest absolute Gasteiger partial charge is 0.292 e. The molecule has 1 aromatic heterocycles. The highest BCUT2D eigenvalue weighted by Gasteiger charge is 2.28. The average molecular weight is 333 g/mol. The minimum atomic E-state index is -0.518. The van der Waals surface area contributed by atoms with Gasteiger partial charge in [0.1, 0.15) is 11.5 Å². The van der Waals surface area contributed by atoms with E-state index in [9.17, 15) is 14.9 Å². The van der Waals surface area contributed by atoms with Gasteiger partial charge in [-0.25, -0.2) is 0 Å². The van der Waals surface area contributed by atoms with Crippen LogP contribution in [-0.4, -0.2) is 31.3 Å². The number of para-hydroxylation sites is 2. The van der Waals surface area contributed by atoms with Gasteiger partial charge < -0.3 is 9.88 Å². The van der Waals surface area contributed by atoms with Crippen LogP contribution in [0.1, 0.15) is 24.7 Å². The van der Waals surface area contributed by atoms with Crippen molar-refractivity contribution in [3.8, 4) is 0 Å². The summed E-state index contributed by atoms with van der Waals surface area (Å²) >= 11 is 1.29. The first-order valence-corrected chi connectivity index (χ1v) is 8.12. The van der Waals surface area contributed by atoms with Crippen LogP contribution in [0.3, 0.4) is 0 Å². The third-order valence-corrected chi connectivity index (χ3v) is 4.40. The van der Waals surface area contributed by atoms with Crippen molar-refractivity contribution in [1.29, 1.82) is 0 Å². The first-order chi connectivity index (χ1) is 11.1. The summed E-state index contributed by atoms with van der Waals surface area (Å²) in [5.74, 6) is 0.651. The van der Waals surface area contributed by atoms with Crippen LogP contribution in [0.5, 0.6) is 0 Å². The summed E-state index contributed by atoms with van der Waals surface area (Å²) in [7, 11) is 0. The number of rotatable bonds is 6. The van der Waals surface area contributed by atoms with Crippen molar-refractivity contribution >= 4 is 29.0 Å². The van der Waals surface area contributed by atoms with E-state index in [1.54, 1.807) is 12.1 Å². The molecule has 1 N–H and O–H groups in total. The number of nitrogens with zero attached hydrogens (tertiary/aromatic N) is 4. The second-order valence-electron chi connectivity index (χ2n) is 5.24. The molecule has 120 valence electrons. The standard InChI is InChI=1S/C14H15N5O3S/c1-9-16-17-14(18(9)10-6-7-10)23-8-13(20)15-11-4-2-3-5-12(11)19(21)22/h2-5,10H,6-8H2,1H3,(H,15,20). The van der Waals surface area contributed by atoms with Crippen molar-refractivity contribution in [2.75, 3.05) is 11.1 Å². The zero-order chi connectivity index (χ0) is 16.4.